The SMILES string of the molecule is Cc1ccc(CN(C)C(=O)c2ccc([N+](=O)[O-])s2)c(C)c1. The van der Waals surface area contributed by atoms with Crippen LogP contribution in [-0.2, 0) is 6.54 Å². The predicted octanol–water partition coefficient (Wildman–Crippen LogP) is 3.55. The Kier molecular flexibility index (Phi) is 4.37. The Morgan fingerprint density at radius 1 is 1.29 bits per heavy atom. The first-order valence-corrected chi connectivity index (χ1v) is 7.26. The van der Waals surface area contributed by atoms with E-state index in [1.165, 1.54) is 17.7 Å². The second-order valence-corrected chi connectivity index (χ2v) is 6.05. The molecule has 6 heteroatoms. The molecular formula is C15H16N2O3S. The van der Waals surface area contributed by atoms with Crippen molar-refractivity contribution in [2.24, 2.45) is 0 Å². The third-order valence-electron chi connectivity index (χ3n) is 3.23. The molecule has 0 aliphatic rings. The summed E-state index contributed by atoms with van der Waals surface area (Å²) in [7, 11) is 1.70. The minimum absolute atomic E-state index is 0.0155. The number of carbonyl (C=O) groups excluding carboxylic acids is 1. The Morgan fingerprint density at radius 3 is 2.57 bits per heavy atom. The van der Waals surface area contributed by atoms with Gasteiger partial charge in [-0.15, -0.1) is 0 Å². The van der Waals surface area contributed by atoms with E-state index in [4.69, 9.17) is 0 Å². The van der Waals surface area contributed by atoms with Crippen molar-refractivity contribution in [2.45, 2.75) is 20.4 Å². The number of nitro groups is 1. The van der Waals surface area contributed by atoms with Crippen LogP contribution in [0, 0.1) is 24.0 Å². The number of benzene rings is 1. The van der Waals surface area contributed by atoms with Gasteiger partial charge < -0.3 is 4.90 Å². The molecule has 0 aliphatic heterocycles. The van der Waals surface area contributed by atoms with Gasteiger partial charge in [0.1, 0.15) is 0 Å². The third-order valence-corrected chi connectivity index (χ3v) is 4.26. The lowest BCUT2D eigenvalue weighted by molar-refractivity contribution is -0.380. The summed E-state index contributed by atoms with van der Waals surface area (Å²) in [6.45, 7) is 4.52. The van der Waals surface area contributed by atoms with E-state index >= 15 is 0 Å². The Labute approximate surface area is 127 Å². The lowest BCUT2D eigenvalue weighted by Gasteiger charge is -2.18. The lowest BCUT2D eigenvalue weighted by Crippen LogP contribution is -2.25. The van der Waals surface area contributed by atoms with E-state index < -0.39 is 4.92 Å². The molecule has 110 valence electrons. The molecule has 0 saturated carbocycles. The molecule has 0 spiro atoms. The van der Waals surface area contributed by atoms with Gasteiger partial charge in [0.25, 0.3) is 5.91 Å². The molecule has 0 N–H and O–H groups in total. The van der Waals surface area contributed by atoms with Crippen molar-refractivity contribution in [1.29, 1.82) is 0 Å². The van der Waals surface area contributed by atoms with E-state index in [1.807, 2.05) is 26.0 Å². The first-order valence-electron chi connectivity index (χ1n) is 6.44. The van der Waals surface area contributed by atoms with Crippen molar-refractivity contribution < 1.29 is 9.72 Å². The summed E-state index contributed by atoms with van der Waals surface area (Å²) in [5.41, 5.74) is 3.38. The van der Waals surface area contributed by atoms with E-state index in [2.05, 4.69) is 6.07 Å². The number of thiophene rings is 1. The first kappa shape index (κ1) is 15.2. The number of aryl methyl sites for hydroxylation is 2. The number of amides is 1. The summed E-state index contributed by atoms with van der Waals surface area (Å²) in [5, 5.41) is 10.6. The Bertz CT molecular complexity index is 694. The fraction of sp³-hybridized carbons (Fsp3) is 0.267. The molecule has 1 aromatic carbocycles. The van der Waals surface area contributed by atoms with Gasteiger partial charge in [0.15, 0.2) is 0 Å². The summed E-state index contributed by atoms with van der Waals surface area (Å²) in [6.07, 6.45) is 0. The monoisotopic (exact) mass is 304 g/mol. The van der Waals surface area contributed by atoms with Gasteiger partial charge >= 0.3 is 5.00 Å². The number of nitrogens with zero attached hydrogens (tertiary/aromatic N) is 2. The molecule has 1 heterocycles. The van der Waals surface area contributed by atoms with Crippen LogP contribution in [0.1, 0.15) is 26.4 Å². The highest BCUT2D eigenvalue weighted by Crippen LogP contribution is 2.25. The third kappa shape index (κ3) is 3.46. The second-order valence-electron chi connectivity index (χ2n) is 4.99. The molecule has 0 fully saturated rings. The fourth-order valence-electron chi connectivity index (χ4n) is 2.08. The van der Waals surface area contributed by atoms with Crippen LogP contribution < -0.4 is 0 Å². The van der Waals surface area contributed by atoms with Crippen LogP contribution in [-0.4, -0.2) is 22.8 Å². The van der Waals surface area contributed by atoms with Gasteiger partial charge in [-0.1, -0.05) is 35.1 Å². The van der Waals surface area contributed by atoms with Gasteiger partial charge in [0.05, 0.1) is 9.80 Å². The second kappa shape index (κ2) is 6.05. The van der Waals surface area contributed by atoms with E-state index in [9.17, 15) is 14.9 Å². The van der Waals surface area contributed by atoms with Crippen LogP contribution in [0.25, 0.3) is 0 Å². The maximum Gasteiger partial charge on any atom is 0.324 e. The van der Waals surface area contributed by atoms with Crippen LogP contribution in [0.3, 0.4) is 0 Å². The summed E-state index contributed by atoms with van der Waals surface area (Å²) < 4.78 is 0. The Hall–Kier alpha value is -2.21. The van der Waals surface area contributed by atoms with Crippen molar-refractivity contribution >= 4 is 22.2 Å². The topological polar surface area (TPSA) is 63.5 Å². The van der Waals surface area contributed by atoms with Crippen molar-refractivity contribution in [1.82, 2.24) is 4.90 Å². The zero-order chi connectivity index (χ0) is 15.6. The average molecular weight is 304 g/mol. The molecular weight excluding hydrogens is 288 g/mol. The largest absolute Gasteiger partial charge is 0.337 e. The summed E-state index contributed by atoms with van der Waals surface area (Å²) in [5.74, 6) is -0.201. The molecule has 0 saturated heterocycles. The van der Waals surface area contributed by atoms with Crippen molar-refractivity contribution in [3.63, 3.8) is 0 Å². The highest BCUT2D eigenvalue weighted by molar-refractivity contribution is 7.17. The van der Waals surface area contributed by atoms with E-state index in [0.29, 0.717) is 11.4 Å². The average Bonchev–Trinajstić information content (AvgIpc) is 2.90. The van der Waals surface area contributed by atoms with Crippen LogP contribution in [0.4, 0.5) is 5.00 Å². The zero-order valence-electron chi connectivity index (χ0n) is 12.1. The molecule has 5 nitrogen and oxygen atoms in total. The number of carbonyl (C=O) groups is 1. The normalized spacial score (nSPS) is 10.4. The first-order chi connectivity index (χ1) is 9.88. The molecule has 2 aromatic rings. The smallest absolute Gasteiger partial charge is 0.324 e. The molecule has 0 bridgehead atoms. The summed E-state index contributed by atoms with van der Waals surface area (Å²) >= 11 is 0.904. The highest BCUT2D eigenvalue weighted by Gasteiger charge is 2.18. The van der Waals surface area contributed by atoms with Crippen molar-refractivity contribution in [3.8, 4) is 0 Å². The van der Waals surface area contributed by atoms with Gasteiger partial charge in [-0.2, -0.15) is 0 Å². The van der Waals surface area contributed by atoms with Gasteiger partial charge in [-0.3, -0.25) is 14.9 Å². The molecule has 0 unspecified atom stereocenters. The number of rotatable bonds is 4. The Morgan fingerprint density at radius 2 is 2.00 bits per heavy atom. The predicted molar refractivity (Wildman–Crippen MR) is 82.7 cm³/mol. The van der Waals surface area contributed by atoms with Crippen LogP contribution in [0.15, 0.2) is 30.3 Å². The van der Waals surface area contributed by atoms with E-state index in [-0.39, 0.29) is 10.9 Å². The van der Waals surface area contributed by atoms with Gasteiger partial charge in [-0.05, 0) is 31.0 Å². The van der Waals surface area contributed by atoms with Crippen LogP contribution in [0.2, 0.25) is 0 Å². The maximum absolute atomic E-state index is 12.3. The molecule has 0 radical (unpaired) electrons. The van der Waals surface area contributed by atoms with Crippen LogP contribution in [0.5, 0.6) is 0 Å². The zero-order valence-corrected chi connectivity index (χ0v) is 12.9. The molecule has 0 atom stereocenters. The molecule has 2 rings (SSSR count). The molecule has 21 heavy (non-hydrogen) atoms. The number of hydrogen-bond acceptors (Lipinski definition) is 4. The maximum atomic E-state index is 12.3. The van der Waals surface area contributed by atoms with Gasteiger partial charge in [0.2, 0.25) is 0 Å². The molecule has 1 aromatic heterocycles. The van der Waals surface area contributed by atoms with E-state index in [1.54, 1.807) is 11.9 Å². The van der Waals surface area contributed by atoms with Crippen LogP contribution >= 0.6 is 11.3 Å². The standard InChI is InChI=1S/C15H16N2O3S/c1-10-4-5-12(11(2)8-10)9-16(3)15(18)13-6-7-14(21-13)17(19)20/h4-8H,9H2,1-3H3. The van der Waals surface area contributed by atoms with Crippen molar-refractivity contribution in [3.05, 3.63) is 62.0 Å². The molecule has 0 aliphatic carbocycles. The summed E-state index contributed by atoms with van der Waals surface area (Å²) in [4.78, 5) is 24.4. The minimum Gasteiger partial charge on any atom is -0.337 e. The fourth-order valence-corrected chi connectivity index (χ4v) is 2.89. The number of hydrogen-bond donors (Lipinski definition) is 0. The lowest BCUT2D eigenvalue weighted by atomic mass is 10.1. The van der Waals surface area contributed by atoms with Gasteiger partial charge in [0, 0.05) is 19.7 Å². The van der Waals surface area contributed by atoms with Crippen molar-refractivity contribution in [2.75, 3.05) is 7.05 Å². The minimum atomic E-state index is -0.481. The Balaban J connectivity index is 2.13. The van der Waals surface area contributed by atoms with E-state index in [0.717, 1.165) is 22.5 Å². The quantitative estimate of drug-likeness (QED) is 0.641. The summed E-state index contributed by atoms with van der Waals surface area (Å²) in [6, 6.07) is 8.96. The van der Waals surface area contributed by atoms with Gasteiger partial charge in [-0.25, -0.2) is 0 Å². The highest BCUT2D eigenvalue weighted by atomic mass is 32.1. The molecule has 1 amide bonds.